The predicted octanol–water partition coefficient (Wildman–Crippen LogP) is 0.501. The Kier molecular flexibility index (Phi) is 2.52. The number of hydrogen-bond donors (Lipinski definition) is 2. The zero-order valence-corrected chi connectivity index (χ0v) is 9.10. The summed E-state index contributed by atoms with van der Waals surface area (Å²) in [5.74, 6) is 0.183. The number of nitrogens with zero attached hydrogens (tertiary/aromatic N) is 2. The predicted molar refractivity (Wildman–Crippen MR) is 63.6 cm³/mol. The highest BCUT2D eigenvalue weighted by Gasteiger charge is 2.20. The SMILES string of the molecule is CN1C(=O)CCc2cc(N=C(N)N)ccc21. The van der Waals surface area contributed by atoms with Gasteiger partial charge in [0.15, 0.2) is 5.96 Å². The molecule has 84 valence electrons. The van der Waals surface area contributed by atoms with Crippen LogP contribution in [0.5, 0.6) is 0 Å². The Balaban J connectivity index is 2.41. The van der Waals surface area contributed by atoms with Gasteiger partial charge in [-0.15, -0.1) is 0 Å². The minimum absolute atomic E-state index is 0.0418. The number of aliphatic imine (C=N–C) groups is 1. The van der Waals surface area contributed by atoms with Crippen molar-refractivity contribution in [1.82, 2.24) is 0 Å². The Bertz CT molecular complexity index is 463. The maximum Gasteiger partial charge on any atom is 0.227 e. The number of aryl methyl sites for hydroxylation is 1. The summed E-state index contributed by atoms with van der Waals surface area (Å²) in [6.07, 6.45) is 1.28. The fraction of sp³-hybridized carbons (Fsp3) is 0.273. The van der Waals surface area contributed by atoms with Crippen molar-refractivity contribution in [1.29, 1.82) is 0 Å². The third-order valence-corrected chi connectivity index (χ3v) is 2.66. The molecule has 0 spiro atoms. The molecule has 5 nitrogen and oxygen atoms in total. The first-order valence-electron chi connectivity index (χ1n) is 5.07. The van der Waals surface area contributed by atoms with E-state index < -0.39 is 0 Å². The van der Waals surface area contributed by atoms with Crippen LogP contribution in [0.1, 0.15) is 12.0 Å². The van der Waals surface area contributed by atoms with Gasteiger partial charge in [-0.25, -0.2) is 4.99 Å². The summed E-state index contributed by atoms with van der Waals surface area (Å²) < 4.78 is 0. The number of anilines is 1. The number of benzene rings is 1. The first-order chi connectivity index (χ1) is 7.58. The smallest absolute Gasteiger partial charge is 0.227 e. The van der Waals surface area contributed by atoms with Crippen LogP contribution in [0.4, 0.5) is 11.4 Å². The van der Waals surface area contributed by atoms with Crippen LogP contribution in [0.2, 0.25) is 0 Å². The molecule has 1 amide bonds. The molecule has 4 N–H and O–H groups in total. The van der Waals surface area contributed by atoms with E-state index in [1.807, 2.05) is 12.1 Å². The number of carbonyl (C=O) groups excluding carboxylic acids is 1. The fourth-order valence-electron chi connectivity index (χ4n) is 1.86. The molecule has 0 fully saturated rings. The molecular formula is C11H14N4O. The average molecular weight is 218 g/mol. The van der Waals surface area contributed by atoms with Crippen molar-refractivity contribution in [2.24, 2.45) is 16.5 Å². The summed E-state index contributed by atoms with van der Waals surface area (Å²) >= 11 is 0. The molecule has 0 saturated heterocycles. The zero-order chi connectivity index (χ0) is 11.7. The molecule has 2 rings (SSSR count). The van der Waals surface area contributed by atoms with E-state index in [2.05, 4.69) is 4.99 Å². The van der Waals surface area contributed by atoms with Gasteiger partial charge in [0.05, 0.1) is 5.69 Å². The maximum absolute atomic E-state index is 11.5. The van der Waals surface area contributed by atoms with Crippen molar-refractivity contribution in [3.05, 3.63) is 23.8 Å². The summed E-state index contributed by atoms with van der Waals surface area (Å²) in [5, 5.41) is 0. The first kappa shape index (κ1) is 10.5. The van der Waals surface area contributed by atoms with Crippen LogP contribution in [0.3, 0.4) is 0 Å². The van der Waals surface area contributed by atoms with Crippen molar-refractivity contribution in [2.75, 3.05) is 11.9 Å². The summed E-state index contributed by atoms with van der Waals surface area (Å²) in [4.78, 5) is 17.1. The molecular weight excluding hydrogens is 204 g/mol. The lowest BCUT2D eigenvalue weighted by Crippen LogP contribution is -2.30. The molecule has 0 aromatic heterocycles. The number of guanidine groups is 1. The molecule has 1 heterocycles. The lowest BCUT2D eigenvalue weighted by Gasteiger charge is -2.25. The number of rotatable bonds is 1. The van der Waals surface area contributed by atoms with Gasteiger partial charge in [-0.1, -0.05) is 0 Å². The molecule has 1 aromatic carbocycles. The van der Waals surface area contributed by atoms with Crippen molar-refractivity contribution in [2.45, 2.75) is 12.8 Å². The molecule has 0 radical (unpaired) electrons. The summed E-state index contributed by atoms with van der Waals surface area (Å²) in [6.45, 7) is 0. The van der Waals surface area contributed by atoms with Crippen molar-refractivity contribution in [3.63, 3.8) is 0 Å². The van der Waals surface area contributed by atoms with E-state index in [4.69, 9.17) is 11.5 Å². The quantitative estimate of drug-likeness (QED) is 0.531. The van der Waals surface area contributed by atoms with Crippen LogP contribution in [-0.2, 0) is 11.2 Å². The molecule has 1 aliphatic rings. The van der Waals surface area contributed by atoms with Crippen LogP contribution in [-0.4, -0.2) is 18.9 Å². The van der Waals surface area contributed by atoms with E-state index in [1.54, 1.807) is 18.0 Å². The van der Waals surface area contributed by atoms with Gasteiger partial charge in [0.1, 0.15) is 0 Å². The standard InChI is InChI=1S/C11H14N4O/c1-15-9-4-3-8(14-11(12)13)6-7(9)2-5-10(15)16/h3-4,6H,2,5H2,1H3,(H4,12,13,14). The Morgan fingerprint density at radius 3 is 2.81 bits per heavy atom. The fourth-order valence-corrected chi connectivity index (χ4v) is 1.86. The summed E-state index contributed by atoms with van der Waals surface area (Å²) in [6, 6.07) is 5.58. The van der Waals surface area contributed by atoms with E-state index in [9.17, 15) is 4.79 Å². The number of nitrogens with two attached hydrogens (primary N) is 2. The van der Waals surface area contributed by atoms with E-state index in [0.29, 0.717) is 6.42 Å². The molecule has 0 saturated carbocycles. The Hall–Kier alpha value is -2.04. The molecule has 0 bridgehead atoms. The second kappa shape index (κ2) is 3.84. The molecule has 0 atom stereocenters. The van der Waals surface area contributed by atoms with Crippen LogP contribution < -0.4 is 16.4 Å². The highest BCUT2D eigenvalue weighted by molar-refractivity contribution is 5.96. The van der Waals surface area contributed by atoms with E-state index >= 15 is 0 Å². The molecule has 1 aliphatic heterocycles. The number of carbonyl (C=O) groups is 1. The largest absolute Gasteiger partial charge is 0.370 e. The van der Waals surface area contributed by atoms with Gasteiger partial charge in [-0.3, -0.25) is 4.79 Å². The van der Waals surface area contributed by atoms with Crippen LogP contribution in [0, 0.1) is 0 Å². The van der Waals surface area contributed by atoms with Crippen LogP contribution >= 0.6 is 0 Å². The Labute approximate surface area is 93.7 Å². The van der Waals surface area contributed by atoms with Gasteiger partial charge in [0, 0.05) is 19.2 Å². The van der Waals surface area contributed by atoms with Crippen LogP contribution in [0.25, 0.3) is 0 Å². The van der Waals surface area contributed by atoms with Gasteiger partial charge in [0.2, 0.25) is 5.91 Å². The lowest BCUT2D eigenvalue weighted by atomic mass is 10.0. The zero-order valence-electron chi connectivity index (χ0n) is 9.10. The minimum Gasteiger partial charge on any atom is -0.370 e. The van der Waals surface area contributed by atoms with Crippen molar-refractivity contribution >= 4 is 23.2 Å². The van der Waals surface area contributed by atoms with Crippen LogP contribution in [0.15, 0.2) is 23.2 Å². The van der Waals surface area contributed by atoms with E-state index in [1.165, 1.54) is 0 Å². The molecule has 16 heavy (non-hydrogen) atoms. The van der Waals surface area contributed by atoms with Gasteiger partial charge < -0.3 is 16.4 Å². The van der Waals surface area contributed by atoms with Gasteiger partial charge >= 0.3 is 0 Å². The van der Waals surface area contributed by atoms with Crippen molar-refractivity contribution < 1.29 is 4.79 Å². The highest BCUT2D eigenvalue weighted by Crippen LogP contribution is 2.29. The molecule has 1 aromatic rings. The number of fused-ring (bicyclic) bond motifs is 1. The highest BCUT2D eigenvalue weighted by atomic mass is 16.2. The molecule has 0 aliphatic carbocycles. The minimum atomic E-state index is 0.0418. The second-order valence-corrected chi connectivity index (χ2v) is 3.80. The Morgan fingerprint density at radius 1 is 1.38 bits per heavy atom. The van der Waals surface area contributed by atoms with Gasteiger partial charge in [0.25, 0.3) is 0 Å². The monoisotopic (exact) mass is 218 g/mol. The summed E-state index contributed by atoms with van der Waals surface area (Å²) in [7, 11) is 1.78. The maximum atomic E-state index is 11.5. The molecule has 5 heteroatoms. The third-order valence-electron chi connectivity index (χ3n) is 2.66. The average Bonchev–Trinajstić information content (AvgIpc) is 2.23. The van der Waals surface area contributed by atoms with Gasteiger partial charge in [-0.2, -0.15) is 0 Å². The van der Waals surface area contributed by atoms with Gasteiger partial charge in [-0.05, 0) is 30.2 Å². The molecule has 0 unspecified atom stereocenters. The number of hydrogen-bond acceptors (Lipinski definition) is 2. The number of amides is 1. The first-order valence-corrected chi connectivity index (χ1v) is 5.07. The third kappa shape index (κ3) is 1.84. The summed E-state index contributed by atoms with van der Waals surface area (Å²) in [5.41, 5.74) is 13.4. The van der Waals surface area contributed by atoms with E-state index in [0.717, 1.165) is 23.4 Å². The van der Waals surface area contributed by atoms with Crippen molar-refractivity contribution in [3.8, 4) is 0 Å². The van der Waals surface area contributed by atoms with E-state index in [-0.39, 0.29) is 11.9 Å². The topological polar surface area (TPSA) is 84.7 Å². The normalized spacial score (nSPS) is 14.6. The Morgan fingerprint density at radius 2 is 2.12 bits per heavy atom. The lowest BCUT2D eigenvalue weighted by molar-refractivity contribution is -0.118. The second-order valence-electron chi connectivity index (χ2n) is 3.80.